The van der Waals surface area contributed by atoms with E-state index in [0.717, 1.165) is 0 Å². The first kappa shape index (κ1) is 12.4. The summed E-state index contributed by atoms with van der Waals surface area (Å²) in [4.78, 5) is 0. The van der Waals surface area contributed by atoms with E-state index in [2.05, 4.69) is 89.2 Å². The molecule has 0 atom stereocenters. The average Bonchev–Trinajstić information content (AvgIpc) is 2.29. The Hall–Kier alpha value is -1.03. The first-order valence-electron chi connectivity index (χ1n) is 5.68. The van der Waals surface area contributed by atoms with Gasteiger partial charge in [-0.3, -0.25) is 3.11 Å². The van der Waals surface area contributed by atoms with Gasteiger partial charge in [-0.2, -0.15) is 0 Å². The lowest BCUT2D eigenvalue weighted by molar-refractivity contribution is 1.34. The van der Waals surface area contributed by atoms with Gasteiger partial charge in [0.05, 0.1) is 34.2 Å². The monoisotopic (exact) mass is 337 g/mol. The zero-order valence-corrected chi connectivity index (χ0v) is 12.5. The highest BCUT2D eigenvalue weighted by Gasteiger charge is 2.08. The van der Waals surface area contributed by atoms with Crippen molar-refractivity contribution in [2.45, 2.75) is 20.8 Å². The van der Waals surface area contributed by atoms with Crippen molar-refractivity contribution in [3.8, 4) is 0 Å². The van der Waals surface area contributed by atoms with Crippen LogP contribution in [0.2, 0.25) is 0 Å². The van der Waals surface area contributed by atoms with Gasteiger partial charge in [0.25, 0.3) is 0 Å². The molecule has 0 amide bonds. The minimum Gasteiger partial charge on any atom is -0.283 e. The Balaban J connectivity index is 2.36. The summed E-state index contributed by atoms with van der Waals surface area (Å²) in [7, 11) is 0. The third kappa shape index (κ3) is 2.80. The molecule has 0 aliphatic heterocycles. The van der Waals surface area contributed by atoms with E-state index in [4.69, 9.17) is 0 Å². The van der Waals surface area contributed by atoms with Crippen LogP contribution in [0, 0.1) is 20.8 Å². The zero-order chi connectivity index (χ0) is 12.4. The summed E-state index contributed by atoms with van der Waals surface area (Å²) in [5.74, 6) is 0. The SMILES string of the molecule is Cc1ccc(N(I)c2ccc(C)cc2C)cc1. The Morgan fingerprint density at radius 2 is 1.41 bits per heavy atom. The number of halogens is 1. The largest absolute Gasteiger partial charge is 0.283 e. The number of nitrogens with zero attached hydrogens (tertiary/aromatic N) is 1. The molecule has 0 N–H and O–H groups in total. The Bertz CT molecular complexity index is 517. The highest BCUT2D eigenvalue weighted by Crippen LogP contribution is 2.32. The van der Waals surface area contributed by atoms with E-state index >= 15 is 0 Å². The molecule has 0 unspecified atom stereocenters. The molecule has 0 heterocycles. The fourth-order valence-corrected chi connectivity index (χ4v) is 2.70. The van der Waals surface area contributed by atoms with E-state index in [1.807, 2.05) is 0 Å². The molecule has 88 valence electrons. The molecule has 0 radical (unpaired) electrons. The van der Waals surface area contributed by atoms with Gasteiger partial charge in [0, 0.05) is 0 Å². The van der Waals surface area contributed by atoms with Gasteiger partial charge in [-0.1, -0.05) is 35.4 Å². The molecular weight excluding hydrogens is 321 g/mol. The van der Waals surface area contributed by atoms with Crippen molar-refractivity contribution < 1.29 is 0 Å². The second kappa shape index (κ2) is 5.08. The van der Waals surface area contributed by atoms with Gasteiger partial charge in [-0.05, 0) is 44.5 Å². The van der Waals surface area contributed by atoms with Crippen LogP contribution in [0.15, 0.2) is 42.5 Å². The summed E-state index contributed by atoms with van der Waals surface area (Å²) in [5.41, 5.74) is 6.36. The van der Waals surface area contributed by atoms with Gasteiger partial charge in [-0.15, -0.1) is 0 Å². The van der Waals surface area contributed by atoms with Crippen LogP contribution in [0.5, 0.6) is 0 Å². The predicted molar refractivity (Wildman–Crippen MR) is 83.3 cm³/mol. The molecular formula is C15H16IN. The fourth-order valence-electron chi connectivity index (χ4n) is 1.84. The molecule has 17 heavy (non-hydrogen) atoms. The minimum absolute atomic E-state index is 1.21. The van der Waals surface area contributed by atoms with Gasteiger partial charge < -0.3 is 0 Å². The third-order valence-corrected chi connectivity index (χ3v) is 3.90. The number of hydrogen-bond acceptors (Lipinski definition) is 1. The highest BCUT2D eigenvalue weighted by atomic mass is 127. The zero-order valence-electron chi connectivity index (χ0n) is 10.4. The number of aryl methyl sites for hydroxylation is 3. The first-order valence-corrected chi connectivity index (χ1v) is 6.64. The summed E-state index contributed by atoms with van der Waals surface area (Å²) in [5, 5.41) is 0. The number of benzene rings is 2. The Morgan fingerprint density at radius 3 is 2.00 bits per heavy atom. The van der Waals surface area contributed by atoms with Crippen LogP contribution in [0.4, 0.5) is 11.4 Å². The summed E-state index contributed by atoms with van der Waals surface area (Å²) < 4.78 is 2.20. The van der Waals surface area contributed by atoms with Crippen LogP contribution in [0.25, 0.3) is 0 Å². The molecule has 0 aliphatic rings. The van der Waals surface area contributed by atoms with Crippen molar-refractivity contribution in [1.82, 2.24) is 0 Å². The molecule has 0 saturated carbocycles. The van der Waals surface area contributed by atoms with Crippen LogP contribution in [0.1, 0.15) is 16.7 Å². The van der Waals surface area contributed by atoms with Gasteiger partial charge in [0.15, 0.2) is 0 Å². The maximum absolute atomic E-state index is 2.36. The lowest BCUT2D eigenvalue weighted by Crippen LogP contribution is -2.02. The number of hydrogen-bond donors (Lipinski definition) is 0. The Morgan fingerprint density at radius 1 is 0.824 bits per heavy atom. The van der Waals surface area contributed by atoms with E-state index in [0.29, 0.717) is 0 Å². The minimum atomic E-state index is 1.21. The first-order chi connectivity index (χ1) is 8.08. The lowest BCUT2D eigenvalue weighted by atomic mass is 10.1. The molecule has 2 aromatic rings. The molecule has 0 saturated heterocycles. The number of rotatable bonds is 2. The highest BCUT2D eigenvalue weighted by molar-refractivity contribution is 14.1. The van der Waals surface area contributed by atoms with Crippen molar-refractivity contribution >= 4 is 34.2 Å². The van der Waals surface area contributed by atoms with Gasteiger partial charge in [-0.25, -0.2) is 0 Å². The topological polar surface area (TPSA) is 3.24 Å². The maximum Gasteiger partial charge on any atom is 0.0646 e. The summed E-state index contributed by atoms with van der Waals surface area (Å²) in [6, 6.07) is 15.1. The summed E-state index contributed by atoms with van der Waals surface area (Å²) in [6.07, 6.45) is 0. The predicted octanol–water partition coefficient (Wildman–Crippen LogP) is 5.10. The van der Waals surface area contributed by atoms with E-state index in [1.54, 1.807) is 0 Å². The summed E-state index contributed by atoms with van der Waals surface area (Å²) in [6.45, 7) is 6.39. The molecule has 0 fully saturated rings. The van der Waals surface area contributed by atoms with Crippen molar-refractivity contribution in [2.24, 2.45) is 0 Å². The fraction of sp³-hybridized carbons (Fsp3) is 0.200. The quantitative estimate of drug-likeness (QED) is 0.544. The van der Waals surface area contributed by atoms with E-state index < -0.39 is 0 Å². The smallest absolute Gasteiger partial charge is 0.0646 e. The van der Waals surface area contributed by atoms with Crippen LogP contribution in [0.3, 0.4) is 0 Å². The van der Waals surface area contributed by atoms with E-state index in [1.165, 1.54) is 28.1 Å². The normalized spacial score (nSPS) is 10.4. The van der Waals surface area contributed by atoms with Crippen LogP contribution in [-0.2, 0) is 0 Å². The lowest BCUT2D eigenvalue weighted by Gasteiger charge is -2.19. The molecule has 2 aromatic carbocycles. The second-order valence-electron chi connectivity index (χ2n) is 4.41. The molecule has 0 bridgehead atoms. The van der Waals surface area contributed by atoms with Crippen molar-refractivity contribution in [2.75, 3.05) is 3.11 Å². The van der Waals surface area contributed by atoms with Crippen molar-refractivity contribution in [1.29, 1.82) is 0 Å². The average molecular weight is 337 g/mol. The van der Waals surface area contributed by atoms with Gasteiger partial charge in [0.1, 0.15) is 0 Å². The van der Waals surface area contributed by atoms with Crippen molar-refractivity contribution in [3.05, 3.63) is 59.2 Å². The van der Waals surface area contributed by atoms with Gasteiger partial charge in [0.2, 0.25) is 0 Å². The summed E-state index contributed by atoms with van der Waals surface area (Å²) >= 11 is 2.36. The number of anilines is 2. The maximum atomic E-state index is 2.36. The molecule has 2 heteroatoms. The molecule has 0 aliphatic carbocycles. The van der Waals surface area contributed by atoms with Crippen LogP contribution < -0.4 is 3.11 Å². The Kier molecular flexibility index (Phi) is 3.72. The van der Waals surface area contributed by atoms with Crippen LogP contribution >= 0.6 is 22.9 Å². The van der Waals surface area contributed by atoms with Crippen LogP contribution in [-0.4, -0.2) is 0 Å². The van der Waals surface area contributed by atoms with E-state index in [9.17, 15) is 0 Å². The van der Waals surface area contributed by atoms with Crippen molar-refractivity contribution in [3.63, 3.8) is 0 Å². The second-order valence-corrected chi connectivity index (χ2v) is 5.37. The molecule has 2 rings (SSSR count). The standard InChI is InChI=1S/C15H16IN/c1-11-4-7-14(8-5-11)17(16)15-9-6-12(2)10-13(15)3/h4-10H,1-3H3. The Labute approximate surface area is 117 Å². The molecule has 0 aromatic heterocycles. The molecule has 1 nitrogen and oxygen atoms in total. The molecule has 0 spiro atoms. The third-order valence-electron chi connectivity index (χ3n) is 2.82. The van der Waals surface area contributed by atoms with E-state index in [-0.39, 0.29) is 0 Å². The van der Waals surface area contributed by atoms with Gasteiger partial charge >= 0.3 is 0 Å².